The van der Waals surface area contributed by atoms with Crippen molar-refractivity contribution in [2.75, 3.05) is 11.9 Å². The highest BCUT2D eigenvalue weighted by atomic mass is 16.4. The Kier molecular flexibility index (Phi) is 4.33. The van der Waals surface area contributed by atoms with Gasteiger partial charge in [-0.25, -0.2) is 14.8 Å². The molecule has 23 heavy (non-hydrogen) atoms. The summed E-state index contributed by atoms with van der Waals surface area (Å²) in [6, 6.07) is 14.8. The Morgan fingerprint density at radius 3 is 2.65 bits per heavy atom. The first-order chi connectivity index (χ1) is 11.2. The van der Waals surface area contributed by atoms with Gasteiger partial charge in [0.25, 0.3) is 0 Å². The van der Waals surface area contributed by atoms with E-state index in [9.17, 15) is 9.90 Å². The number of furan rings is 1. The van der Waals surface area contributed by atoms with Crippen molar-refractivity contribution in [2.24, 2.45) is 0 Å². The molecule has 0 unspecified atom stereocenters. The van der Waals surface area contributed by atoms with E-state index in [-0.39, 0.29) is 11.5 Å². The maximum absolute atomic E-state index is 11.2. The van der Waals surface area contributed by atoms with E-state index in [1.165, 1.54) is 17.9 Å². The number of benzene rings is 1. The number of hydrogen-bond donors (Lipinski definition) is 2. The Morgan fingerprint density at radius 1 is 1.13 bits per heavy atom. The average molecular weight is 309 g/mol. The fourth-order valence-corrected chi connectivity index (χ4v) is 2.14. The normalized spacial score (nSPS) is 10.4. The zero-order chi connectivity index (χ0) is 16.1. The predicted octanol–water partition coefficient (Wildman–Crippen LogP) is 3.09. The van der Waals surface area contributed by atoms with Crippen LogP contribution in [0.1, 0.15) is 16.1 Å². The van der Waals surface area contributed by atoms with Gasteiger partial charge >= 0.3 is 5.97 Å². The predicted molar refractivity (Wildman–Crippen MR) is 85.3 cm³/mol. The lowest BCUT2D eigenvalue weighted by Gasteiger charge is -2.08. The first kappa shape index (κ1) is 14.8. The van der Waals surface area contributed by atoms with Gasteiger partial charge < -0.3 is 14.8 Å². The smallest absolute Gasteiger partial charge is 0.354 e. The molecule has 0 aliphatic rings. The highest BCUT2D eigenvalue weighted by Crippen LogP contribution is 2.18. The summed E-state index contributed by atoms with van der Waals surface area (Å²) < 4.78 is 5.24. The third-order valence-electron chi connectivity index (χ3n) is 3.25. The minimum absolute atomic E-state index is 0.0754. The van der Waals surface area contributed by atoms with Crippen LogP contribution in [0.4, 0.5) is 5.82 Å². The number of aromatic carboxylic acids is 1. The molecule has 0 bridgehead atoms. The zero-order valence-electron chi connectivity index (χ0n) is 12.3. The lowest BCUT2D eigenvalue weighted by atomic mass is 10.1. The molecule has 3 aromatic rings. The molecule has 2 aromatic heterocycles. The molecule has 0 spiro atoms. The van der Waals surface area contributed by atoms with Gasteiger partial charge in [-0.1, -0.05) is 30.3 Å². The van der Waals surface area contributed by atoms with Crippen LogP contribution < -0.4 is 5.32 Å². The number of anilines is 1. The average Bonchev–Trinajstić information content (AvgIpc) is 3.10. The first-order valence-corrected chi connectivity index (χ1v) is 7.16. The van der Waals surface area contributed by atoms with Crippen molar-refractivity contribution in [3.05, 3.63) is 66.1 Å². The van der Waals surface area contributed by atoms with Crippen molar-refractivity contribution in [3.8, 4) is 11.6 Å². The summed E-state index contributed by atoms with van der Waals surface area (Å²) in [7, 11) is 0. The molecule has 6 nitrogen and oxygen atoms in total. The van der Waals surface area contributed by atoms with Crippen LogP contribution >= 0.6 is 0 Å². The van der Waals surface area contributed by atoms with Crippen LogP contribution in [-0.4, -0.2) is 27.6 Å². The molecule has 0 aliphatic heterocycles. The molecule has 0 amide bonds. The number of hydrogen-bond acceptors (Lipinski definition) is 5. The monoisotopic (exact) mass is 309 g/mol. The van der Waals surface area contributed by atoms with Crippen molar-refractivity contribution in [1.82, 2.24) is 9.97 Å². The Bertz CT molecular complexity index is 786. The molecular formula is C17H15N3O3. The van der Waals surface area contributed by atoms with Crippen LogP contribution in [0.15, 0.2) is 59.2 Å². The summed E-state index contributed by atoms with van der Waals surface area (Å²) in [5.41, 5.74) is 1.12. The van der Waals surface area contributed by atoms with Gasteiger partial charge in [0.05, 0.1) is 6.26 Å². The molecule has 2 heterocycles. The van der Waals surface area contributed by atoms with Gasteiger partial charge in [0.15, 0.2) is 17.3 Å². The fourth-order valence-electron chi connectivity index (χ4n) is 2.14. The summed E-state index contributed by atoms with van der Waals surface area (Å²) >= 11 is 0. The SMILES string of the molecule is O=C(O)c1cc(NCCc2ccccc2)nc(-c2ccco2)n1. The summed E-state index contributed by atoms with van der Waals surface area (Å²) in [4.78, 5) is 19.5. The number of nitrogens with zero attached hydrogens (tertiary/aromatic N) is 2. The van der Waals surface area contributed by atoms with Crippen LogP contribution in [0, 0.1) is 0 Å². The molecule has 0 aliphatic carbocycles. The Morgan fingerprint density at radius 2 is 1.96 bits per heavy atom. The van der Waals surface area contributed by atoms with E-state index < -0.39 is 5.97 Å². The van der Waals surface area contributed by atoms with Gasteiger partial charge in [-0.3, -0.25) is 0 Å². The van der Waals surface area contributed by atoms with E-state index >= 15 is 0 Å². The molecular weight excluding hydrogens is 294 g/mol. The third-order valence-corrected chi connectivity index (χ3v) is 3.25. The minimum atomic E-state index is -1.11. The molecule has 6 heteroatoms. The van der Waals surface area contributed by atoms with E-state index in [4.69, 9.17) is 4.42 Å². The van der Waals surface area contributed by atoms with Gasteiger partial charge in [0.2, 0.25) is 0 Å². The lowest BCUT2D eigenvalue weighted by Crippen LogP contribution is -2.10. The van der Waals surface area contributed by atoms with Crippen molar-refractivity contribution in [2.45, 2.75) is 6.42 Å². The van der Waals surface area contributed by atoms with Gasteiger partial charge in [-0.05, 0) is 24.1 Å². The maximum Gasteiger partial charge on any atom is 0.354 e. The fraction of sp³-hybridized carbons (Fsp3) is 0.118. The van der Waals surface area contributed by atoms with Crippen LogP contribution in [0.2, 0.25) is 0 Å². The highest BCUT2D eigenvalue weighted by Gasteiger charge is 2.13. The van der Waals surface area contributed by atoms with Crippen molar-refractivity contribution in [3.63, 3.8) is 0 Å². The Hall–Kier alpha value is -3.15. The lowest BCUT2D eigenvalue weighted by molar-refractivity contribution is 0.0690. The van der Waals surface area contributed by atoms with Crippen LogP contribution in [0.25, 0.3) is 11.6 Å². The van der Waals surface area contributed by atoms with Crippen LogP contribution in [0.3, 0.4) is 0 Å². The zero-order valence-corrected chi connectivity index (χ0v) is 12.3. The quantitative estimate of drug-likeness (QED) is 0.727. The topological polar surface area (TPSA) is 88.2 Å². The number of carboxylic acid groups (broad SMARTS) is 1. The van der Waals surface area contributed by atoms with Crippen LogP contribution in [0.5, 0.6) is 0 Å². The number of carbonyl (C=O) groups is 1. The van der Waals surface area contributed by atoms with E-state index in [1.807, 2.05) is 30.3 Å². The number of carboxylic acids is 1. The van der Waals surface area contributed by atoms with Crippen LogP contribution in [-0.2, 0) is 6.42 Å². The third kappa shape index (κ3) is 3.74. The molecule has 2 N–H and O–H groups in total. The van der Waals surface area contributed by atoms with Gasteiger partial charge in [0, 0.05) is 12.6 Å². The summed E-state index contributed by atoms with van der Waals surface area (Å²) in [5.74, 6) is 0.0300. The van der Waals surface area contributed by atoms with Crippen molar-refractivity contribution in [1.29, 1.82) is 0 Å². The molecule has 0 saturated carbocycles. The summed E-state index contributed by atoms with van der Waals surface area (Å²) in [6.45, 7) is 0.637. The second-order valence-electron chi connectivity index (χ2n) is 4.91. The number of nitrogens with one attached hydrogen (secondary N) is 1. The molecule has 3 rings (SSSR count). The molecule has 0 radical (unpaired) electrons. The number of aromatic nitrogens is 2. The second kappa shape index (κ2) is 6.74. The van der Waals surface area contributed by atoms with E-state index in [1.54, 1.807) is 12.1 Å². The molecule has 0 atom stereocenters. The van der Waals surface area contributed by atoms with E-state index in [2.05, 4.69) is 15.3 Å². The second-order valence-corrected chi connectivity index (χ2v) is 4.91. The summed E-state index contributed by atoms with van der Waals surface area (Å²) in [5, 5.41) is 12.3. The summed E-state index contributed by atoms with van der Waals surface area (Å²) in [6.07, 6.45) is 2.30. The minimum Gasteiger partial charge on any atom is -0.477 e. The van der Waals surface area contributed by atoms with E-state index in [0.29, 0.717) is 18.1 Å². The van der Waals surface area contributed by atoms with Gasteiger partial charge in [-0.2, -0.15) is 0 Å². The first-order valence-electron chi connectivity index (χ1n) is 7.16. The van der Waals surface area contributed by atoms with E-state index in [0.717, 1.165) is 6.42 Å². The molecule has 1 aromatic carbocycles. The molecule has 0 saturated heterocycles. The Labute approximate surface area is 132 Å². The van der Waals surface area contributed by atoms with Crippen molar-refractivity contribution < 1.29 is 14.3 Å². The number of rotatable bonds is 6. The highest BCUT2D eigenvalue weighted by molar-refractivity contribution is 5.86. The molecule has 0 fully saturated rings. The van der Waals surface area contributed by atoms with Gasteiger partial charge in [0.1, 0.15) is 5.82 Å². The largest absolute Gasteiger partial charge is 0.477 e. The standard InChI is InChI=1S/C17H15N3O3/c21-17(22)13-11-15(18-9-8-12-5-2-1-3-6-12)20-16(19-13)14-7-4-10-23-14/h1-7,10-11H,8-9H2,(H,21,22)(H,18,19,20). The maximum atomic E-state index is 11.2. The van der Waals surface area contributed by atoms with Gasteiger partial charge in [-0.15, -0.1) is 0 Å². The van der Waals surface area contributed by atoms with Crippen molar-refractivity contribution >= 4 is 11.8 Å². The molecule has 116 valence electrons. The Balaban J connectivity index is 1.77.